The molecule has 2 aromatic carbocycles. The molecule has 0 saturated heterocycles. The topological polar surface area (TPSA) is 127 Å². The third-order valence-electron chi connectivity index (χ3n) is 16.6. The van der Waals surface area contributed by atoms with Crippen LogP contribution in [0.3, 0.4) is 0 Å². The van der Waals surface area contributed by atoms with E-state index in [1.54, 1.807) is 42.0 Å². The van der Waals surface area contributed by atoms with Crippen molar-refractivity contribution in [1.29, 1.82) is 0 Å². The Labute approximate surface area is 320 Å². The summed E-state index contributed by atoms with van der Waals surface area (Å²) in [6, 6.07) is 12.6. The van der Waals surface area contributed by atoms with Crippen LogP contribution in [0.4, 0.5) is 0 Å². The van der Waals surface area contributed by atoms with Gasteiger partial charge in [0.1, 0.15) is 6.10 Å². The van der Waals surface area contributed by atoms with E-state index in [9.17, 15) is 29.4 Å². The fourth-order valence-electron chi connectivity index (χ4n) is 13.2. The SMILES string of the molecule is C[C@@H]1[C@H]2C3=CCC4[C@@]5(C)CC[C@H](OC(=O)c6ccccc6C(=O)O)C(C)(C)C5CC[C@@]4(C)[C@]3(C)CCC2(COC(=O)c2ccccc2C(=O)O)CC[C@@H]1C. The van der Waals surface area contributed by atoms with E-state index >= 15 is 0 Å². The smallest absolute Gasteiger partial charge is 0.339 e. The quantitative estimate of drug-likeness (QED) is 0.212. The molecule has 0 aliphatic heterocycles. The molecule has 2 aromatic rings. The minimum Gasteiger partial charge on any atom is -0.478 e. The van der Waals surface area contributed by atoms with Crippen molar-refractivity contribution < 1.29 is 38.9 Å². The number of hydrogen-bond acceptors (Lipinski definition) is 6. The average molecular weight is 739 g/mol. The van der Waals surface area contributed by atoms with Crippen LogP contribution in [0.2, 0.25) is 0 Å². The first kappa shape index (κ1) is 38.3. The Hall–Kier alpha value is -3.94. The summed E-state index contributed by atoms with van der Waals surface area (Å²) in [7, 11) is 0. The number of allylic oxidation sites excluding steroid dienone is 2. The second-order valence-corrected chi connectivity index (χ2v) is 19.0. The molecule has 0 heterocycles. The number of carboxylic acids is 2. The van der Waals surface area contributed by atoms with Gasteiger partial charge in [0.25, 0.3) is 0 Å². The Kier molecular flexibility index (Phi) is 9.49. The van der Waals surface area contributed by atoms with Gasteiger partial charge in [-0.3, -0.25) is 0 Å². The predicted molar refractivity (Wildman–Crippen MR) is 205 cm³/mol. The Bertz CT molecular complexity index is 1890. The van der Waals surface area contributed by atoms with Crippen LogP contribution in [0.5, 0.6) is 0 Å². The summed E-state index contributed by atoms with van der Waals surface area (Å²) in [5.74, 6) is -1.41. The zero-order valence-corrected chi connectivity index (χ0v) is 33.1. The summed E-state index contributed by atoms with van der Waals surface area (Å²) in [5.41, 5.74) is 1.23. The van der Waals surface area contributed by atoms with Gasteiger partial charge in [-0.05, 0) is 128 Å². The molecule has 4 fully saturated rings. The largest absolute Gasteiger partial charge is 0.478 e. The molecule has 0 spiro atoms. The summed E-state index contributed by atoms with van der Waals surface area (Å²) >= 11 is 0. The molecule has 2 N–H and O–H groups in total. The van der Waals surface area contributed by atoms with Crippen molar-refractivity contribution in [2.75, 3.05) is 6.61 Å². The first-order valence-electron chi connectivity index (χ1n) is 20.1. The van der Waals surface area contributed by atoms with Gasteiger partial charge in [0.2, 0.25) is 0 Å². The van der Waals surface area contributed by atoms with Gasteiger partial charge in [0.15, 0.2) is 0 Å². The molecule has 7 rings (SSSR count). The molecule has 0 radical (unpaired) electrons. The van der Waals surface area contributed by atoms with Crippen LogP contribution >= 0.6 is 0 Å². The van der Waals surface area contributed by atoms with Gasteiger partial charge >= 0.3 is 23.9 Å². The van der Waals surface area contributed by atoms with Crippen molar-refractivity contribution in [2.24, 2.45) is 56.7 Å². The molecule has 8 heteroatoms. The molecule has 5 aliphatic carbocycles. The van der Waals surface area contributed by atoms with E-state index in [-0.39, 0.29) is 61.4 Å². The van der Waals surface area contributed by atoms with Crippen molar-refractivity contribution in [3.8, 4) is 0 Å². The van der Waals surface area contributed by atoms with Crippen LogP contribution in [0.25, 0.3) is 0 Å². The number of hydrogen-bond donors (Lipinski definition) is 2. The fourth-order valence-corrected chi connectivity index (χ4v) is 13.2. The molecule has 0 aromatic heterocycles. The number of benzene rings is 2. The molecule has 290 valence electrons. The molecule has 3 unspecified atom stereocenters. The summed E-state index contributed by atoms with van der Waals surface area (Å²) in [6.45, 7) is 17.1. The van der Waals surface area contributed by atoms with E-state index in [1.165, 1.54) is 12.1 Å². The lowest BCUT2D eigenvalue weighted by molar-refractivity contribution is -0.206. The minimum absolute atomic E-state index is 0.0243. The second-order valence-electron chi connectivity index (χ2n) is 19.0. The lowest BCUT2D eigenvalue weighted by Gasteiger charge is -2.71. The normalized spacial score (nSPS) is 37.9. The van der Waals surface area contributed by atoms with Crippen LogP contribution in [0, 0.1) is 56.7 Å². The molecule has 54 heavy (non-hydrogen) atoms. The maximum absolute atomic E-state index is 13.5. The lowest BCUT2D eigenvalue weighted by atomic mass is 9.33. The highest BCUT2D eigenvalue weighted by atomic mass is 16.5. The van der Waals surface area contributed by atoms with Crippen molar-refractivity contribution >= 4 is 23.9 Å². The third kappa shape index (κ3) is 5.67. The minimum atomic E-state index is -1.14. The van der Waals surface area contributed by atoms with E-state index in [0.29, 0.717) is 30.3 Å². The van der Waals surface area contributed by atoms with Crippen LogP contribution in [-0.4, -0.2) is 46.8 Å². The van der Waals surface area contributed by atoms with Gasteiger partial charge in [-0.25, -0.2) is 19.2 Å². The van der Waals surface area contributed by atoms with E-state index in [4.69, 9.17) is 9.47 Å². The number of carbonyl (C=O) groups is 4. The zero-order chi connectivity index (χ0) is 39.0. The van der Waals surface area contributed by atoms with Gasteiger partial charge in [-0.2, -0.15) is 0 Å². The average Bonchev–Trinajstić information content (AvgIpc) is 3.13. The molecule has 10 atom stereocenters. The highest BCUT2D eigenvalue weighted by molar-refractivity contribution is 6.03. The van der Waals surface area contributed by atoms with Crippen LogP contribution in [0.15, 0.2) is 60.2 Å². The molecule has 5 aliphatic rings. The summed E-state index contributed by atoms with van der Waals surface area (Å²) in [5, 5.41) is 19.5. The second kappa shape index (κ2) is 13.4. The van der Waals surface area contributed by atoms with Crippen LogP contribution < -0.4 is 0 Å². The maximum Gasteiger partial charge on any atom is 0.339 e. The van der Waals surface area contributed by atoms with Gasteiger partial charge in [0, 0.05) is 10.8 Å². The summed E-state index contributed by atoms with van der Waals surface area (Å²) in [4.78, 5) is 50.8. The van der Waals surface area contributed by atoms with Crippen molar-refractivity contribution in [3.05, 3.63) is 82.4 Å². The van der Waals surface area contributed by atoms with E-state index in [2.05, 4.69) is 54.5 Å². The number of carbonyl (C=O) groups excluding carboxylic acids is 2. The van der Waals surface area contributed by atoms with Crippen LogP contribution in [-0.2, 0) is 9.47 Å². The Morgan fingerprint density at radius 1 is 0.704 bits per heavy atom. The highest BCUT2D eigenvalue weighted by Gasteiger charge is 2.69. The van der Waals surface area contributed by atoms with Crippen molar-refractivity contribution in [1.82, 2.24) is 0 Å². The van der Waals surface area contributed by atoms with Gasteiger partial charge < -0.3 is 19.7 Å². The van der Waals surface area contributed by atoms with Gasteiger partial charge in [-0.1, -0.05) is 84.4 Å². The number of rotatable bonds is 7. The van der Waals surface area contributed by atoms with Gasteiger partial charge in [0.05, 0.1) is 28.9 Å². The van der Waals surface area contributed by atoms with Crippen molar-refractivity contribution in [2.45, 2.75) is 112 Å². The zero-order valence-electron chi connectivity index (χ0n) is 33.1. The van der Waals surface area contributed by atoms with Crippen molar-refractivity contribution in [3.63, 3.8) is 0 Å². The lowest BCUT2D eigenvalue weighted by Crippen LogP contribution is -2.65. The van der Waals surface area contributed by atoms with E-state index in [1.807, 2.05) is 0 Å². The van der Waals surface area contributed by atoms with Crippen LogP contribution in [0.1, 0.15) is 148 Å². The molecular weight excluding hydrogens is 680 g/mol. The molecule has 8 nitrogen and oxygen atoms in total. The number of fused-ring (bicyclic) bond motifs is 7. The number of ether oxygens (including phenoxy) is 2. The molecular formula is C46H58O8. The fraction of sp³-hybridized carbons (Fsp3) is 0.609. The Balaban J connectivity index is 1.16. The Morgan fingerprint density at radius 3 is 1.91 bits per heavy atom. The predicted octanol–water partition coefficient (Wildman–Crippen LogP) is 10.1. The monoisotopic (exact) mass is 738 g/mol. The third-order valence-corrected chi connectivity index (χ3v) is 16.6. The number of carboxylic acid groups (broad SMARTS) is 2. The molecule has 0 amide bonds. The standard InChI is InChI=1S/C46H58O8/c1-27-18-23-46(26-53-40(51)31-14-10-8-12-29(31)38(47)48)25-24-44(6)33(37(46)28(27)2)16-17-35-43(5)21-20-36(42(3,4)34(43)19-22-45(35,44)7)54-41(52)32-15-11-9-13-30(32)39(49)50/h8-16,27-28,34-37H,17-26H2,1-7H3,(H,47,48)(H,49,50)/t27-,28-,34?,35?,36-,37-,43-,44+,45+,46?/m0/s1. The summed E-state index contributed by atoms with van der Waals surface area (Å²) in [6.07, 6.45) is 11.1. The highest BCUT2D eigenvalue weighted by Crippen LogP contribution is 2.76. The Morgan fingerprint density at radius 2 is 1.30 bits per heavy atom. The van der Waals surface area contributed by atoms with Gasteiger partial charge in [-0.15, -0.1) is 0 Å². The number of esters is 2. The first-order valence-corrected chi connectivity index (χ1v) is 20.1. The van der Waals surface area contributed by atoms with E-state index in [0.717, 1.165) is 57.8 Å². The van der Waals surface area contributed by atoms with E-state index < -0.39 is 23.9 Å². The molecule has 4 saturated carbocycles. The number of aromatic carboxylic acids is 2. The molecule has 0 bridgehead atoms. The maximum atomic E-state index is 13.5. The first-order chi connectivity index (χ1) is 25.4. The summed E-state index contributed by atoms with van der Waals surface area (Å²) < 4.78 is 12.4.